The highest BCUT2D eigenvalue weighted by Crippen LogP contribution is 2.23. The molecule has 0 unspecified atom stereocenters. The summed E-state index contributed by atoms with van der Waals surface area (Å²) < 4.78 is 13.6. The van der Waals surface area contributed by atoms with E-state index in [4.69, 9.17) is 12.2 Å². The first kappa shape index (κ1) is 17.4. The Kier molecular flexibility index (Phi) is 6.11. The summed E-state index contributed by atoms with van der Waals surface area (Å²) >= 11 is 5.37. The van der Waals surface area contributed by atoms with Crippen LogP contribution in [-0.4, -0.2) is 11.2 Å². The Balaban J connectivity index is 2.31. The molecule has 2 nitrogen and oxygen atoms in total. The van der Waals surface area contributed by atoms with Gasteiger partial charge in [-0.2, -0.15) is 0 Å². The van der Waals surface area contributed by atoms with E-state index in [-0.39, 0.29) is 17.9 Å². The highest BCUT2D eigenvalue weighted by Gasteiger charge is 2.16. The second-order valence-corrected chi connectivity index (χ2v) is 6.26. The number of rotatable bonds is 5. The van der Waals surface area contributed by atoms with Crippen LogP contribution in [0.3, 0.4) is 0 Å². The third-order valence-corrected chi connectivity index (χ3v) is 3.83. The first-order valence-corrected chi connectivity index (χ1v) is 8.31. The Morgan fingerprint density at radius 1 is 1.04 bits per heavy atom. The molecule has 0 radical (unpaired) electrons. The van der Waals surface area contributed by atoms with E-state index in [1.165, 1.54) is 11.6 Å². The molecule has 0 aliphatic carbocycles. The summed E-state index contributed by atoms with van der Waals surface area (Å²) in [4.78, 5) is 0. The number of aryl methyl sites for hydroxylation is 1. The highest BCUT2D eigenvalue weighted by atomic mass is 32.1. The van der Waals surface area contributed by atoms with Crippen molar-refractivity contribution in [2.24, 2.45) is 0 Å². The Hall–Kier alpha value is -1.94. The summed E-state index contributed by atoms with van der Waals surface area (Å²) in [6, 6.07) is 15.0. The minimum absolute atomic E-state index is 0.185. The summed E-state index contributed by atoms with van der Waals surface area (Å²) in [5.41, 5.74) is 3.18. The fourth-order valence-corrected chi connectivity index (χ4v) is 2.78. The van der Waals surface area contributed by atoms with Crippen LogP contribution in [0.4, 0.5) is 4.39 Å². The number of halogens is 1. The fraction of sp³-hybridized carbons (Fsp3) is 0.316. The van der Waals surface area contributed by atoms with E-state index in [0.29, 0.717) is 5.11 Å². The minimum Gasteiger partial charge on any atom is -0.361 e. The fourth-order valence-electron chi connectivity index (χ4n) is 2.43. The molecular weight excluding hydrogens is 307 g/mol. The second-order valence-electron chi connectivity index (χ2n) is 5.86. The lowest BCUT2D eigenvalue weighted by Gasteiger charge is -2.23. The Morgan fingerprint density at radius 3 is 2.30 bits per heavy atom. The van der Waals surface area contributed by atoms with Gasteiger partial charge in [-0.15, -0.1) is 0 Å². The summed E-state index contributed by atoms with van der Waals surface area (Å²) in [7, 11) is 0. The number of hydrogen-bond donors (Lipinski definition) is 2. The van der Waals surface area contributed by atoms with Gasteiger partial charge < -0.3 is 10.6 Å². The lowest BCUT2D eigenvalue weighted by molar-refractivity contribution is 0.619. The largest absolute Gasteiger partial charge is 0.361 e. The molecule has 0 aromatic heterocycles. The van der Waals surface area contributed by atoms with Gasteiger partial charge in [-0.1, -0.05) is 43.3 Å². The zero-order valence-electron chi connectivity index (χ0n) is 13.8. The van der Waals surface area contributed by atoms with Gasteiger partial charge in [-0.05, 0) is 61.3 Å². The van der Waals surface area contributed by atoms with Crippen molar-refractivity contribution in [2.75, 3.05) is 0 Å². The molecule has 2 aromatic rings. The molecule has 23 heavy (non-hydrogen) atoms. The van der Waals surface area contributed by atoms with E-state index in [1.807, 2.05) is 19.9 Å². The molecule has 4 heteroatoms. The molecule has 0 saturated heterocycles. The number of benzene rings is 2. The molecule has 0 bridgehead atoms. The topological polar surface area (TPSA) is 24.1 Å². The van der Waals surface area contributed by atoms with Crippen LogP contribution in [-0.2, 0) is 6.42 Å². The van der Waals surface area contributed by atoms with E-state index < -0.39 is 0 Å². The number of nitrogens with one attached hydrogen (secondary N) is 2. The van der Waals surface area contributed by atoms with Gasteiger partial charge >= 0.3 is 0 Å². The van der Waals surface area contributed by atoms with Crippen LogP contribution in [0.2, 0.25) is 0 Å². The maximum Gasteiger partial charge on any atom is 0.167 e. The Bertz CT molecular complexity index is 653. The van der Waals surface area contributed by atoms with E-state index in [1.54, 1.807) is 12.1 Å². The van der Waals surface area contributed by atoms with Crippen molar-refractivity contribution in [3.05, 3.63) is 71.0 Å². The highest BCUT2D eigenvalue weighted by molar-refractivity contribution is 7.80. The molecular formula is C19H23FN2S. The molecule has 2 aromatic carbocycles. The van der Waals surface area contributed by atoms with E-state index in [2.05, 4.69) is 41.8 Å². The molecule has 2 rings (SSSR count). The van der Waals surface area contributed by atoms with Gasteiger partial charge in [0.1, 0.15) is 5.82 Å². The quantitative estimate of drug-likeness (QED) is 0.797. The van der Waals surface area contributed by atoms with Crippen LogP contribution in [0, 0.1) is 5.82 Å². The standard InChI is InChI=1S/C19H23FN2S/c1-4-14-8-10-15(11-9-14)18(22-19(23)21-13(2)3)16-6-5-7-17(20)12-16/h5-13,18H,4H2,1-3H3,(H2,21,22,23)/t18-/m1/s1. The zero-order valence-corrected chi connectivity index (χ0v) is 14.6. The molecule has 0 saturated carbocycles. The molecule has 0 aliphatic rings. The molecule has 0 aliphatic heterocycles. The van der Waals surface area contributed by atoms with Crippen LogP contribution < -0.4 is 10.6 Å². The van der Waals surface area contributed by atoms with Crippen molar-refractivity contribution in [1.82, 2.24) is 10.6 Å². The first-order chi connectivity index (χ1) is 11.0. The van der Waals surface area contributed by atoms with Gasteiger partial charge in [-0.3, -0.25) is 0 Å². The van der Waals surface area contributed by atoms with Crippen LogP contribution in [0.25, 0.3) is 0 Å². The second kappa shape index (κ2) is 8.06. The van der Waals surface area contributed by atoms with Gasteiger partial charge in [-0.25, -0.2) is 4.39 Å². The van der Waals surface area contributed by atoms with Gasteiger partial charge in [0, 0.05) is 6.04 Å². The number of thiocarbonyl (C=S) groups is 1. The normalized spacial score (nSPS) is 12.0. The summed E-state index contributed by atoms with van der Waals surface area (Å²) in [6.07, 6.45) is 0.992. The van der Waals surface area contributed by atoms with Crippen molar-refractivity contribution in [3.8, 4) is 0 Å². The summed E-state index contributed by atoms with van der Waals surface area (Å²) in [5, 5.41) is 7.04. The minimum atomic E-state index is -0.248. The average Bonchev–Trinajstić information content (AvgIpc) is 2.52. The lowest BCUT2D eigenvalue weighted by atomic mass is 9.97. The van der Waals surface area contributed by atoms with Crippen LogP contribution in [0.1, 0.15) is 43.5 Å². The van der Waals surface area contributed by atoms with Gasteiger partial charge in [0.25, 0.3) is 0 Å². The van der Waals surface area contributed by atoms with Gasteiger partial charge in [0.05, 0.1) is 6.04 Å². The molecule has 122 valence electrons. The molecule has 2 N–H and O–H groups in total. The smallest absolute Gasteiger partial charge is 0.167 e. The van der Waals surface area contributed by atoms with E-state index >= 15 is 0 Å². The van der Waals surface area contributed by atoms with Crippen molar-refractivity contribution in [3.63, 3.8) is 0 Å². The third-order valence-electron chi connectivity index (χ3n) is 3.60. The van der Waals surface area contributed by atoms with Crippen molar-refractivity contribution in [2.45, 2.75) is 39.3 Å². The zero-order chi connectivity index (χ0) is 16.8. The molecule has 0 spiro atoms. The van der Waals surface area contributed by atoms with E-state index in [9.17, 15) is 4.39 Å². The Labute approximate surface area is 143 Å². The SMILES string of the molecule is CCc1ccc([C@@H](NC(=S)NC(C)C)c2cccc(F)c2)cc1. The predicted octanol–water partition coefficient (Wildman–Crippen LogP) is 4.35. The maximum absolute atomic E-state index is 13.6. The molecule has 0 amide bonds. The summed E-state index contributed by atoms with van der Waals surface area (Å²) in [6.45, 7) is 6.18. The summed E-state index contributed by atoms with van der Waals surface area (Å²) in [5.74, 6) is -0.248. The third kappa shape index (κ3) is 5.03. The number of hydrogen-bond acceptors (Lipinski definition) is 1. The molecule has 0 heterocycles. The van der Waals surface area contributed by atoms with Crippen molar-refractivity contribution >= 4 is 17.3 Å². The van der Waals surface area contributed by atoms with Crippen LogP contribution >= 0.6 is 12.2 Å². The predicted molar refractivity (Wildman–Crippen MR) is 98.1 cm³/mol. The van der Waals surface area contributed by atoms with Crippen molar-refractivity contribution in [1.29, 1.82) is 0 Å². The first-order valence-electron chi connectivity index (χ1n) is 7.91. The molecule has 1 atom stereocenters. The van der Waals surface area contributed by atoms with Crippen LogP contribution in [0.5, 0.6) is 0 Å². The van der Waals surface area contributed by atoms with Gasteiger partial charge in [0.15, 0.2) is 5.11 Å². The van der Waals surface area contributed by atoms with E-state index in [0.717, 1.165) is 17.5 Å². The maximum atomic E-state index is 13.6. The van der Waals surface area contributed by atoms with Crippen molar-refractivity contribution < 1.29 is 4.39 Å². The lowest BCUT2D eigenvalue weighted by Crippen LogP contribution is -2.41. The Morgan fingerprint density at radius 2 is 1.74 bits per heavy atom. The monoisotopic (exact) mass is 330 g/mol. The average molecular weight is 330 g/mol. The van der Waals surface area contributed by atoms with Crippen LogP contribution in [0.15, 0.2) is 48.5 Å². The molecule has 0 fully saturated rings. The van der Waals surface area contributed by atoms with Gasteiger partial charge in [0.2, 0.25) is 0 Å².